The van der Waals surface area contributed by atoms with Crippen LogP contribution in [0.1, 0.15) is 34.3 Å². The number of likely N-dealkylation sites (tertiary alicyclic amines) is 1. The van der Waals surface area contributed by atoms with E-state index in [1.807, 2.05) is 12.1 Å². The normalized spacial score (nSPS) is 14.3. The summed E-state index contributed by atoms with van der Waals surface area (Å²) < 4.78 is 0. The van der Waals surface area contributed by atoms with Crippen molar-refractivity contribution < 1.29 is 9.72 Å². The summed E-state index contributed by atoms with van der Waals surface area (Å²) in [6, 6.07) is 12.0. The molecule has 6 nitrogen and oxygen atoms in total. The molecule has 3 rings (SSSR count). The van der Waals surface area contributed by atoms with Gasteiger partial charge in [-0.1, -0.05) is 35.9 Å². The molecule has 0 aromatic heterocycles. The number of carbonyl (C=O) groups is 1. The van der Waals surface area contributed by atoms with Crippen molar-refractivity contribution in [2.45, 2.75) is 25.9 Å². The Morgan fingerprint density at radius 1 is 1.12 bits per heavy atom. The Morgan fingerprint density at radius 2 is 1.77 bits per heavy atom. The summed E-state index contributed by atoms with van der Waals surface area (Å²) in [5.74, 6) is -0.514. The van der Waals surface area contributed by atoms with Crippen molar-refractivity contribution in [3.8, 4) is 0 Å². The van der Waals surface area contributed by atoms with E-state index in [1.165, 1.54) is 36.6 Å². The highest BCUT2D eigenvalue weighted by Gasteiger charge is 2.20. The fourth-order valence-corrected chi connectivity index (χ4v) is 3.26. The summed E-state index contributed by atoms with van der Waals surface area (Å²) in [6.07, 6.45) is 2.53. The van der Waals surface area contributed by atoms with Crippen molar-refractivity contribution in [3.05, 3.63) is 74.3 Å². The SMILES string of the molecule is O=C(NCc1ccc(CN2CCCC2)cc1)c1cc(Cl)ccc1[N+](=O)[O-]. The van der Waals surface area contributed by atoms with Gasteiger partial charge in [0.1, 0.15) is 5.56 Å². The molecule has 1 heterocycles. The molecule has 1 fully saturated rings. The van der Waals surface area contributed by atoms with E-state index in [9.17, 15) is 14.9 Å². The lowest BCUT2D eigenvalue weighted by Crippen LogP contribution is -2.23. The van der Waals surface area contributed by atoms with Crippen LogP contribution in [0.3, 0.4) is 0 Å². The third kappa shape index (κ3) is 4.59. The van der Waals surface area contributed by atoms with E-state index in [4.69, 9.17) is 11.6 Å². The molecule has 0 radical (unpaired) electrons. The molecular weight excluding hydrogens is 354 g/mol. The number of hydrogen-bond acceptors (Lipinski definition) is 4. The Kier molecular flexibility index (Phi) is 5.85. The van der Waals surface area contributed by atoms with E-state index in [2.05, 4.69) is 22.3 Å². The van der Waals surface area contributed by atoms with Crippen LogP contribution in [0.15, 0.2) is 42.5 Å². The van der Waals surface area contributed by atoms with Gasteiger partial charge >= 0.3 is 0 Å². The van der Waals surface area contributed by atoms with Crippen LogP contribution in [0, 0.1) is 10.1 Å². The summed E-state index contributed by atoms with van der Waals surface area (Å²) in [7, 11) is 0. The van der Waals surface area contributed by atoms with E-state index >= 15 is 0 Å². The number of carbonyl (C=O) groups excluding carboxylic acids is 1. The van der Waals surface area contributed by atoms with Crippen molar-refractivity contribution in [3.63, 3.8) is 0 Å². The first-order valence-corrected chi connectivity index (χ1v) is 8.93. The van der Waals surface area contributed by atoms with Crippen LogP contribution < -0.4 is 5.32 Å². The average Bonchev–Trinajstić information content (AvgIpc) is 3.13. The Bertz CT molecular complexity index is 802. The Hall–Kier alpha value is -2.44. The number of nitrogens with zero attached hydrogens (tertiary/aromatic N) is 2. The Labute approximate surface area is 156 Å². The maximum absolute atomic E-state index is 12.3. The first-order valence-electron chi connectivity index (χ1n) is 8.55. The lowest BCUT2D eigenvalue weighted by molar-refractivity contribution is -0.385. The zero-order valence-electron chi connectivity index (χ0n) is 14.3. The van der Waals surface area contributed by atoms with Crippen molar-refractivity contribution >= 4 is 23.2 Å². The summed E-state index contributed by atoms with van der Waals surface area (Å²) in [4.78, 5) is 25.2. The molecule has 1 aliphatic heterocycles. The number of halogens is 1. The molecule has 7 heteroatoms. The third-order valence-corrected chi connectivity index (χ3v) is 4.72. The third-order valence-electron chi connectivity index (χ3n) is 4.48. The topological polar surface area (TPSA) is 75.5 Å². The second kappa shape index (κ2) is 8.29. The van der Waals surface area contributed by atoms with Gasteiger partial charge in [-0.25, -0.2) is 0 Å². The average molecular weight is 374 g/mol. The maximum atomic E-state index is 12.3. The zero-order chi connectivity index (χ0) is 18.5. The van der Waals surface area contributed by atoms with Crippen LogP contribution >= 0.6 is 11.6 Å². The molecule has 26 heavy (non-hydrogen) atoms. The van der Waals surface area contributed by atoms with E-state index < -0.39 is 10.8 Å². The molecule has 0 bridgehead atoms. The second-order valence-electron chi connectivity index (χ2n) is 6.40. The smallest absolute Gasteiger partial charge is 0.282 e. The number of nitro groups is 1. The number of rotatable bonds is 6. The lowest BCUT2D eigenvalue weighted by atomic mass is 10.1. The minimum Gasteiger partial charge on any atom is -0.348 e. The summed E-state index contributed by atoms with van der Waals surface area (Å²) >= 11 is 5.86. The quantitative estimate of drug-likeness (QED) is 0.617. The first-order chi connectivity index (χ1) is 12.5. The van der Waals surface area contributed by atoms with Crippen LogP contribution in [0.5, 0.6) is 0 Å². The minimum absolute atomic E-state index is 0.0341. The molecule has 1 saturated heterocycles. The summed E-state index contributed by atoms with van der Waals surface area (Å²) in [5.41, 5.74) is 1.89. The molecule has 0 saturated carbocycles. The van der Waals surface area contributed by atoms with E-state index in [0.29, 0.717) is 6.54 Å². The van der Waals surface area contributed by atoms with Gasteiger partial charge in [0.15, 0.2) is 0 Å². The molecule has 0 unspecified atom stereocenters. The molecular formula is C19H20ClN3O3. The second-order valence-corrected chi connectivity index (χ2v) is 6.84. The zero-order valence-corrected chi connectivity index (χ0v) is 15.0. The largest absolute Gasteiger partial charge is 0.348 e. The predicted molar refractivity (Wildman–Crippen MR) is 100 cm³/mol. The number of benzene rings is 2. The van der Waals surface area contributed by atoms with Gasteiger partial charge in [-0.05, 0) is 49.2 Å². The molecule has 1 aliphatic rings. The summed E-state index contributed by atoms with van der Waals surface area (Å²) in [5, 5.41) is 14.1. The highest BCUT2D eigenvalue weighted by Crippen LogP contribution is 2.22. The van der Waals surface area contributed by atoms with Crippen LogP contribution in [0.25, 0.3) is 0 Å². The van der Waals surface area contributed by atoms with Crippen LogP contribution in [0.2, 0.25) is 5.02 Å². The standard InChI is InChI=1S/C19H20ClN3O3/c20-16-7-8-18(23(25)26)17(11-16)19(24)21-12-14-3-5-15(6-4-14)13-22-9-1-2-10-22/h3-8,11H,1-2,9-10,12-13H2,(H,21,24). The van der Waals surface area contributed by atoms with Crippen molar-refractivity contribution in [1.82, 2.24) is 10.2 Å². The molecule has 2 aromatic carbocycles. The highest BCUT2D eigenvalue weighted by molar-refractivity contribution is 6.31. The Balaban J connectivity index is 1.61. The Morgan fingerprint density at radius 3 is 2.42 bits per heavy atom. The van der Waals surface area contributed by atoms with Gasteiger partial charge in [-0.3, -0.25) is 19.8 Å². The fraction of sp³-hybridized carbons (Fsp3) is 0.316. The van der Waals surface area contributed by atoms with Gasteiger partial charge in [0, 0.05) is 24.2 Å². The van der Waals surface area contributed by atoms with Crippen molar-refractivity contribution in [2.24, 2.45) is 0 Å². The van der Waals surface area contributed by atoms with E-state index in [1.54, 1.807) is 0 Å². The number of nitrogens with one attached hydrogen (secondary N) is 1. The fourth-order valence-electron chi connectivity index (χ4n) is 3.09. The van der Waals surface area contributed by atoms with Gasteiger partial charge in [-0.15, -0.1) is 0 Å². The molecule has 136 valence electrons. The molecule has 0 aliphatic carbocycles. The van der Waals surface area contributed by atoms with Crippen molar-refractivity contribution in [1.29, 1.82) is 0 Å². The van der Waals surface area contributed by atoms with Gasteiger partial charge in [-0.2, -0.15) is 0 Å². The van der Waals surface area contributed by atoms with Gasteiger partial charge in [0.05, 0.1) is 4.92 Å². The number of amides is 1. The molecule has 0 spiro atoms. The maximum Gasteiger partial charge on any atom is 0.282 e. The monoisotopic (exact) mass is 373 g/mol. The predicted octanol–water partition coefficient (Wildman–Crippen LogP) is 3.77. The molecule has 0 atom stereocenters. The number of hydrogen-bond donors (Lipinski definition) is 1. The number of nitro benzene ring substituents is 1. The van der Waals surface area contributed by atoms with Gasteiger partial charge in [0.25, 0.3) is 11.6 Å². The highest BCUT2D eigenvalue weighted by atomic mass is 35.5. The van der Waals surface area contributed by atoms with E-state index in [0.717, 1.165) is 25.2 Å². The summed E-state index contributed by atoms with van der Waals surface area (Å²) in [6.45, 7) is 3.54. The van der Waals surface area contributed by atoms with Crippen LogP contribution in [0.4, 0.5) is 5.69 Å². The molecule has 2 aromatic rings. The van der Waals surface area contributed by atoms with E-state index in [-0.39, 0.29) is 16.3 Å². The molecule has 1 N–H and O–H groups in total. The van der Waals surface area contributed by atoms with Gasteiger partial charge in [0.2, 0.25) is 0 Å². The van der Waals surface area contributed by atoms with Crippen LogP contribution in [-0.2, 0) is 13.1 Å². The first kappa shape index (κ1) is 18.4. The minimum atomic E-state index is -0.585. The van der Waals surface area contributed by atoms with Crippen molar-refractivity contribution in [2.75, 3.05) is 13.1 Å². The van der Waals surface area contributed by atoms with Gasteiger partial charge < -0.3 is 5.32 Å². The lowest BCUT2D eigenvalue weighted by Gasteiger charge is -2.14. The molecule has 1 amide bonds. The van der Waals surface area contributed by atoms with Crippen LogP contribution in [-0.4, -0.2) is 28.8 Å².